The summed E-state index contributed by atoms with van der Waals surface area (Å²) >= 11 is 0. The Labute approximate surface area is 94.1 Å². The second-order valence-electron chi connectivity index (χ2n) is 4.70. The summed E-state index contributed by atoms with van der Waals surface area (Å²) in [6.07, 6.45) is 4.84. The van der Waals surface area contributed by atoms with Crippen molar-refractivity contribution in [2.24, 2.45) is 11.8 Å². The number of nitrogens with one attached hydrogen (secondary N) is 1. The molecule has 0 spiro atoms. The Balaban J connectivity index is 2.40. The minimum absolute atomic E-state index is 0.648. The monoisotopic (exact) mass is 211 g/mol. The lowest BCUT2D eigenvalue weighted by Gasteiger charge is -2.14. The smallest absolute Gasteiger partial charge is 0.0529 e. The number of hydrogen-bond acceptors (Lipinski definition) is 2. The Hall–Kier alpha value is -0.340. The van der Waals surface area contributed by atoms with E-state index in [2.05, 4.69) is 32.2 Å². The van der Waals surface area contributed by atoms with Gasteiger partial charge in [0.1, 0.15) is 0 Å². The fourth-order valence-corrected chi connectivity index (χ4v) is 1.85. The maximum Gasteiger partial charge on any atom is 0.0529 e. The van der Waals surface area contributed by atoms with E-state index in [4.69, 9.17) is 4.74 Å². The molecule has 0 aromatic rings. The molecular formula is C13H25NO. The minimum Gasteiger partial charge on any atom is -0.381 e. The van der Waals surface area contributed by atoms with Crippen molar-refractivity contribution < 1.29 is 4.74 Å². The second kappa shape index (κ2) is 7.02. The molecule has 0 amide bonds. The van der Waals surface area contributed by atoms with E-state index in [1.807, 2.05) is 0 Å². The first-order valence-electron chi connectivity index (χ1n) is 6.23. The van der Waals surface area contributed by atoms with Gasteiger partial charge in [-0.25, -0.2) is 0 Å². The Morgan fingerprint density at radius 3 is 2.87 bits per heavy atom. The highest BCUT2D eigenvalue weighted by molar-refractivity contribution is 5.09. The van der Waals surface area contributed by atoms with Gasteiger partial charge >= 0.3 is 0 Å². The Bertz CT molecular complexity index is 193. The fourth-order valence-electron chi connectivity index (χ4n) is 1.85. The normalized spacial score (nSPS) is 22.7. The molecule has 0 bridgehead atoms. The lowest BCUT2D eigenvalue weighted by molar-refractivity contribution is 0.191. The van der Waals surface area contributed by atoms with Gasteiger partial charge in [0.25, 0.3) is 0 Å². The average Bonchev–Trinajstić information content (AvgIpc) is 2.69. The molecule has 1 aliphatic rings. The topological polar surface area (TPSA) is 21.3 Å². The van der Waals surface area contributed by atoms with E-state index in [9.17, 15) is 0 Å². The first-order valence-corrected chi connectivity index (χ1v) is 6.23. The molecule has 1 atom stereocenters. The van der Waals surface area contributed by atoms with E-state index in [0.717, 1.165) is 26.3 Å². The molecule has 1 heterocycles. The molecule has 1 saturated heterocycles. The molecule has 1 rings (SSSR count). The highest BCUT2D eigenvalue weighted by Gasteiger charge is 2.14. The largest absolute Gasteiger partial charge is 0.381 e. The number of rotatable bonds is 6. The van der Waals surface area contributed by atoms with Gasteiger partial charge in [0.2, 0.25) is 0 Å². The average molecular weight is 211 g/mol. The van der Waals surface area contributed by atoms with E-state index in [1.54, 1.807) is 5.57 Å². The van der Waals surface area contributed by atoms with E-state index >= 15 is 0 Å². The van der Waals surface area contributed by atoms with Crippen LogP contribution in [0.25, 0.3) is 0 Å². The molecule has 1 aliphatic heterocycles. The Kier molecular flexibility index (Phi) is 5.96. The van der Waals surface area contributed by atoms with Crippen LogP contribution < -0.4 is 5.32 Å². The van der Waals surface area contributed by atoms with Gasteiger partial charge in [-0.1, -0.05) is 32.4 Å². The minimum atomic E-state index is 0.648. The lowest BCUT2D eigenvalue weighted by atomic mass is 9.97. The number of ether oxygens (including phenoxy) is 1. The summed E-state index contributed by atoms with van der Waals surface area (Å²) < 4.78 is 5.40. The van der Waals surface area contributed by atoms with Crippen LogP contribution in [0, 0.1) is 11.8 Å². The lowest BCUT2D eigenvalue weighted by Crippen LogP contribution is -2.20. The summed E-state index contributed by atoms with van der Waals surface area (Å²) in [6.45, 7) is 10.8. The zero-order chi connectivity index (χ0) is 11.1. The molecule has 0 aromatic heterocycles. The zero-order valence-electron chi connectivity index (χ0n) is 10.4. The molecule has 2 heteroatoms. The van der Waals surface area contributed by atoms with Crippen molar-refractivity contribution in [3.8, 4) is 0 Å². The quantitative estimate of drug-likeness (QED) is 0.538. The zero-order valence-corrected chi connectivity index (χ0v) is 10.4. The van der Waals surface area contributed by atoms with Crippen LogP contribution in [-0.4, -0.2) is 26.3 Å². The van der Waals surface area contributed by atoms with Crippen molar-refractivity contribution in [2.45, 2.75) is 33.6 Å². The summed E-state index contributed by atoms with van der Waals surface area (Å²) in [7, 11) is 0. The van der Waals surface area contributed by atoms with Gasteiger partial charge in [-0.05, 0) is 25.3 Å². The van der Waals surface area contributed by atoms with Crippen LogP contribution in [0.1, 0.15) is 33.6 Å². The molecule has 0 aromatic carbocycles. The molecule has 0 radical (unpaired) electrons. The van der Waals surface area contributed by atoms with Gasteiger partial charge in [0.15, 0.2) is 0 Å². The summed E-state index contributed by atoms with van der Waals surface area (Å²) in [5, 5.41) is 3.48. The Morgan fingerprint density at radius 1 is 1.53 bits per heavy atom. The third-order valence-electron chi connectivity index (χ3n) is 2.91. The molecule has 1 unspecified atom stereocenters. The third-order valence-corrected chi connectivity index (χ3v) is 2.91. The van der Waals surface area contributed by atoms with Crippen LogP contribution in [-0.2, 0) is 4.74 Å². The van der Waals surface area contributed by atoms with Gasteiger partial charge in [-0.15, -0.1) is 0 Å². The van der Waals surface area contributed by atoms with E-state index in [-0.39, 0.29) is 0 Å². The molecule has 15 heavy (non-hydrogen) atoms. The van der Waals surface area contributed by atoms with Crippen LogP contribution >= 0.6 is 0 Å². The van der Waals surface area contributed by atoms with Gasteiger partial charge in [-0.3, -0.25) is 0 Å². The Morgan fingerprint density at radius 2 is 2.33 bits per heavy atom. The first kappa shape index (κ1) is 12.7. The standard InChI is InChI=1S/C13H25NO/c1-4-6-14-9-13(11(2)3)8-12-5-7-15-10-12/h8,11-12,14H,4-7,9-10H2,1-3H3/b13-8+. The first-order chi connectivity index (χ1) is 7.24. The van der Waals surface area contributed by atoms with Crippen LogP contribution in [0.5, 0.6) is 0 Å². The van der Waals surface area contributed by atoms with Gasteiger partial charge in [-0.2, -0.15) is 0 Å². The second-order valence-corrected chi connectivity index (χ2v) is 4.70. The molecule has 1 fully saturated rings. The van der Waals surface area contributed by atoms with E-state index in [1.165, 1.54) is 12.8 Å². The predicted octanol–water partition coefficient (Wildman–Crippen LogP) is 2.60. The summed E-state index contributed by atoms with van der Waals surface area (Å²) in [5.74, 6) is 1.31. The SMILES string of the molecule is CCCNC/C(=C\C1CCOC1)C(C)C. The van der Waals surface area contributed by atoms with E-state index < -0.39 is 0 Å². The number of hydrogen-bond donors (Lipinski definition) is 1. The summed E-state index contributed by atoms with van der Waals surface area (Å²) in [5.41, 5.74) is 1.54. The summed E-state index contributed by atoms with van der Waals surface area (Å²) in [6, 6.07) is 0. The summed E-state index contributed by atoms with van der Waals surface area (Å²) in [4.78, 5) is 0. The van der Waals surface area contributed by atoms with Crippen molar-refractivity contribution in [1.82, 2.24) is 5.32 Å². The van der Waals surface area contributed by atoms with Gasteiger partial charge in [0, 0.05) is 19.1 Å². The maximum absolute atomic E-state index is 5.40. The fraction of sp³-hybridized carbons (Fsp3) is 0.846. The van der Waals surface area contributed by atoms with Gasteiger partial charge in [0.05, 0.1) is 6.61 Å². The molecule has 0 saturated carbocycles. The highest BCUT2D eigenvalue weighted by atomic mass is 16.5. The highest BCUT2D eigenvalue weighted by Crippen LogP contribution is 2.19. The van der Waals surface area contributed by atoms with Crippen molar-refractivity contribution in [3.05, 3.63) is 11.6 Å². The van der Waals surface area contributed by atoms with Crippen molar-refractivity contribution in [2.75, 3.05) is 26.3 Å². The van der Waals surface area contributed by atoms with Gasteiger partial charge < -0.3 is 10.1 Å². The molecule has 88 valence electrons. The van der Waals surface area contributed by atoms with Crippen LogP contribution in [0.4, 0.5) is 0 Å². The van der Waals surface area contributed by atoms with Crippen LogP contribution in [0.2, 0.25) is 0 Å². The molecule has 2 nitrogen and oxygen atoms in total. The van der Waals surface area contributed by atoms with Crippen molar-refractivity contribution >= 4 is 0 Å². The molecule has 1 N–H and O–H groups in total. The van der Waals surface area contributed by atoms with Crippen molar-refractivity contribution in [3.63, 3.8) is 0 Å². The molecular weight excluding hydrogens is 186 g/mol. The van der Waals surface area contributed by atoms with Crippen molar-refractivity contribution in [1.29, 1.82) is 0 Å². The maximum atomic E-state index is 5.40. The predicted molar refractivity (Wildman–Crippen MR) is 65.0 cm³/mol. The molecule has 0 aliphatic carbocycles. The third kappa shape index (κ3) is 4.80. The van der Waals surface area contributed by atoms with Crippen LogP contribution in [0.3, 0.4) is 0 Å². The van der Waals surface area contributed by atoms with Crippen LogP contribution in [0.15, 0.2) is 11.6 Å². The van der Waals surface area contributed by atoms with E-state index in [0.29, 0.717) is 11.8 Å².